The van der Waals surface area contributed by atoms with Crippen molar-refractivity contribution < 1.29 is 33.3 Å². The Kier molecular flexibility index (Phi) is 5.42. The summed E-state index contributed by atoms with van der Waals surface area (Å²) < 4.78 is 3.51. The first-order valence-corrected chi connectivity index (χ1v) is 5.95. The van der Waals surface area contributed by atoms with Gasteiger partial charge in [0.05, 0.1) is 7.05 Å². The lowest BCUT2D eigenvalue weighted by Gasteiger charge is -2.18. The average molecular weight is 349 g/mol. The summed E-state index contributed by atoms with van der Waals surface area (Å²) in [5.74, 6) is 0.707. The Morgan fingerprint density at radius 1 is 1.47 bits per heavy atom. The first kappa shape index (κ1) is 14.5. The average Bonchev–Trinajstić information content (AvgIpc) is 2.88. The second-order valence-electron chi connectivity index (χ2n) is 4.80. The maximum Gasteiger partial charge on any atom is 0.415 e. The minimum absolute atomic E-state index is 0. The molecule has 0 aliphatic heterocycles. The van der Waals surface area contributed by atoms with Gasteiger partial charge in [0.1, 0.15) is 12.4 Å². The van der Waals surface area contributed by atoms with Gasteiger partial charge in [-0.1, -0.05) is 12.8 Å². The number of aryl methyl sites for hydroxylation is 1. The Morgan fingerprint density at radius 2 is 2.12 bits per heavy atom. The molecule has 0 spiro atoms. The molecule has 4 nitrogen and oxygen atoms in total. The van der Waals surface area contributed by atoms with Crippen LogP contribution in [0.2, 0.25) is 0 Å². The first-order chi connectivity index (χ1) is 7.66. The molecule has 1 aromatic rings. The van der Waals surface area contributed by atoms with Crippen LogP contribution in [0.4, 0.5) is 4.79 Å². The van der Waals surface area contributed by atoms with E-state index in [1.54, 1.807) is 17.1 Å². The van der Waals surface area contributed by atoms with Crippen LogP contribution in [0.25, 0.3) is 0 Å². The molecule has 0 saturated heterocycles. The van der Waals surface area contributed by atoms with Crippen LogP contribution in [-0.2, 0) is 7.05 Å². The fourth-order valence-corrected chi connectivity index (χ4v) is 2.42. The number of carbonyl (C=O) groups excluding carboxylic acids is 1. The van der Waals surface area contributed by atoms with Gasteiger partial charge in [-0.3, -0.25) is 0 Å². The summed E-state index contributed by atoms with van der Waals surface area (Å²) in [5, 5.41) is 0. The maximum atomic E-state index is 12.0. The van der Waals surface area contributed by atoms with E-state index in [2.05, 4.69) is 0 Å². The van der Waals surface area contributed by atoms with Crippen molar-refractivity contribution in [2.75, 3.05) is 13.6 Å². The molecule has 1 aromatic heterocycles. The van der Waals surface area contributed by atoms with E-state index in [-0.39, 0.29) is 30.0 Å². The van der Waals surface area contributed by atoms with Gasteiger partial charge in [0, 0.05) is 13.6 Å². The molecule has 1 aliphatic rings. The van der Waals surface area contributed by atoms with Gasteiger partial charge < -0.3 is 28.9 Å². The van der Waals surface area contributed by atoms with Crippen LogP contribution in [0.5, 0.6) is 0 Å². The van der Waals surface area contributed by atoms with E-state index in [0.717, 1.165) is 6.54 Å². The van der Waals surface area contributed by atoms with E-state index in [0.29, 0.717) is 5.92 Å². The number of hydrogen-bond donors (Lipinski definition) is 0. The van der Waals surface area contributed by atoms with Crippen LogP contribution in [0.15, 0.2) is 18.7 Å². The van der Waals surface area contributed by atoms with E-state index >= 15 is 0 Å². The molecule has 0 N–H and O–H groups in total. The zero-order valence-electron chi connectivity index (χ0n) is 10.5. The van der Waals surface area contributed by atoms with Crippen molar-refractivity contribution in [1.82, 2.24) is 9.47 Å². The summed E-state index contributed by atoms with van der Waals surface area (Å²) >= 11 is 0. The Bertz CT molecular complexity index is 372. The molecule has 17 heavy (non-hydrogen) atoms. The normalized spacial score (nSPS) is 15.6. The zero-order valence-corrected chi connectivity index (χ0v) is 12.6. The molecule has 1 aliphatic carbocycles. The summed E-state index contributed by atoms with van der Waals surface area (Å²) in [6.07, 6.45) is 10.7. The van der Waals surface area contributed by atoms with Crippen LogP contribution >= 0.6 is 0 Å². The molecule has 1 amide bonds. The van der Waals surface area contributed by atoms with Gasteiger partial charge in [0.25, 0.3) is 6.33 Å². The second kappa shape index (κ2) is 6.37. The van der Waals surface area contributed by atoms with Gasteiger partial charge in [-0.25, -0.2) is 9.36 Å². The topological polar surface area (TPSA) is 29.1 Å². The van der Waals surface area contributed by atoms with Crippen molar-refractivity contribution >= 4 is 6.03 Å². The number of hydrogen-bond acceptors (Lipinski definition) is 1. The summed E-state index contributed by atoms with van der Waals surface area (Å²) in [7, 11) is 3.81. The molecule has 96 valence electrons. The standard InChI is InChI=1S/C12H20N3O.HI/c1-13-7-8-15(10-13)12(16)14(2)9-11-5-3-4-6-11;/h7-8,10-11H,3-6,9H2,1-2H3;1H/q+1;/p-1. The number of nitrogens with zero attached hydrogens (tertiary/aromatic N) is 3. The van der Waals surface area contributed by atoms with Gasteiger partial charge in [-0.15, -0.1) is 0 Å². The Labute approximate surface area is 120 Å². The summed E-state index contributed by atoms with van der Waals surface area (Å²) in [4.78, 5) is 13.9. The van der Waals surface area contributed by atoms with Crippen molar-refractivity contribution in [2.45, 2.75) is 25.7 Å². The van der Waals surface area contributed by atoms with Crippen molar-refractivity contribution in [3.8, 4) is 0 Å². The quantitative estimate of drug-likeness (QED) is 0.468. The second-order valence-corrected chi connectivity index (χ2v) is 4.80. The molecule has 2 rings (SSSR count). The highest BCUT2D eigenvalue weighted by Crippen LogP contribution is 2.25. The molecule has 1 fully saturated rings. The lowest BCUT2D eigenvalue weighted by Crippen LogP contribution is -3.00. The lowest BCUT2D eigenvalue weighted by atomic mass is 10.1. The molecule has 0 radical (unpaired) electrons. The summed E-state index contributed by atoms with van der Waals surface area (Å²) in [5.41, 5.74) is 0. The Hall–Kier alpha value is -0.590. The van der Waals surface area contributed by atoms with Gasteiger partial charge >= 0.3 is 6.03 Å². The Balaban J connectivity index is 0.00000144. The maximum absolute atomic E-state index is 12.0. The van der Waals surface area contributed by atoms with Crippen LogP contribution in [-0.4, -0.2) is 29.1 Å². The third-order valence-corrected chi connectivity index (χ3v) is 3.32. The first-order valence-electron chi connectivity index (χ1n) is 5.95. The highest BCUT2D eigenvalue weighted by Gasteiger charge is 2.22. The van der Waals surface area contributed by atoms with Crippen molar-refractivity contribution in [2.24, 2.45) is 13.0 Å². The molecular weight excluding hydrogens is 329 g/mol. The minimum atomic E-state index is 0. The minimum Gasteiger partial charge on any atom is -1.00 e. The molecule has 0 atom stereocenters. The monoisotopic (exact) mass is 349 g/mol. The van der Waals surface area contributed by atoms with Gasteiger partial charge in [0.2, 0.25) is 0 Å². The molecule has 1 saturated carbocycles. The number of halogens is 1. The van der Waals surface area contributed by atoms with Gasteiger partial charge in [-0.2, -0.15) is 4.57 Å². The largest absolute Gasteiger partial charge is 1.00 e. The van der Waals surface area contributed by atoms with E-state index in [1.807, 2.05) is 29.8 Å². The highest BCUT2D eigenvalue weighted by atomic mass is 127. The number of imidazole rings is 1. The van der Waals surface area contributed by atoms with E-state index in [4.69, 9.17) is 0 Å². The van der Waals surface area contributed by atoms with E-state index in [9.17, 15) is 4.79 Å². The Morgan fingerprint density at radius 3 is 2.65 bits per heavy atom. The highest BCUT2D eigenvalue weighted by molar-refractivity contribution is 5.76. The zero-order chi connectivity index (χ0) is 11.5. The molecule has 1 heterocycles. The van der Waals surface area contributed by atoms with E-state index < -0.39 is 0 Å². The third kappa shape index (κ3) is 3.69. The fraction of sp³-hybridized carbons (Fsp3) is 0.667. The number of aromatic nitrogens is 2. The fourth-order valence-electron chi connectivity index (χ4n) is 2.42. The molecule has 0 aromatic carbocycles. The third-order valence-electron chi connectivity index (χ3n) is 3.32. The van der Waals surface area contributed by atoms with Crippen LogP contribution < -0.4 is 28.5 Å². The van der Waals surface area contributed by atoms with Crippen LogP contribution in [0, 0.1) is 5.92 Å². The smallest absolute Gasteiger partial charge is 0.415 e. The van der Waals surface area contributed by atoms with E-state index in [1.165, 1.54) is 25.7 Å². The molecule has 5 heteroatoms. The predicted molar refractivity (Wildman–Crippen MR) is 61.0 cm³/mol. The van der Waals surface area contributed by atoms with Crippen molar-refractivity contribution in [1.29, 1.82) is 0 Å². The van der Waals surface area contributed by atoms with Crippen molar-refractivity contribution in [3.63, 3.8) is 0 Å². The summed E-state index contributed by atoms with van der Waals surface area (Å²) in [6, 6.07) is 0.0625. The molecular formula is C12H20IN3O. The van der Waals surface area contributed by atoms with Crippen LogP contribution in [0.3, 0.4) is 0 Å². The summed E-state index contributed by atoms with van der Waals surface area (Å²) in [6.45, 7) is 0.890. The predicted octanol–water partition coefficient (Wildman–Crippen LogP) is -1.59. The molecule has 0 bridgehead atoms. The SMILES string of the molecule is CN(CC1CCCC1)C(=O)n1cc[n+](C)c1.[I-]. The number of carbonyl (C=O) groups is 1. The lowest BCUT2D eigenvalue weighted by molar-refractivity contribution is -0.670. The number of amides is 1. The van der Waals surface area contributed by atoms with Gasteiger partial charge in [0.15, 0.2) is 0 Å². The molecule has 0 unspecified atom stereocenters. The van der Waals surface area contributed by atoms with Gasteiger partial charge in [-0.05, 0) is 18.8 Å². The number of rotatable bonds is 2. The van der Waals surface area contributed by atoms with Crippen molar-refractivity contribution in [3.05, 3.63) is 18.7 Å². The van der Waals surface area contributed by atoms with Crippen LogP contribution in [0.1, 0.15) is 25.7 Å².